The maximum atomic E-state index is 11.2. The van der Waals surface area contributed by atoms with Crippen molar-refractivity contribution in [3.63, 3.8) is 0 Å². The molecule has 1 atom stereocenters. The Morgan fingerprint density at radius 3 is 2.41 bits per heavy atom. The molecule has 1 aliphatic rings. The summed E-state index contributed by atoms with van der Waals surface area (Å²) in [6, 6.07) is 8.52. The van der Waals surface area contributed by atoms with Gasteiger partial charge in [0, 0.05) is 36.9 Å². The molecule has 3 heteroatoms. The molecule has 0 aliphatic carbocycles. The number of Topliss-reactive ketones (excluding diaryl/α,β-unsaturated/α-hetero) is 1. The summed E-state index contributed by atoms with van der Waals surface area (Å²) in [6.07, 6.45) is 0. The zero-order valence-electron chi connectivity index (χ0n) is 10.8. The third-order valence-corrected chi connectivity index (χ3v) is 3.60. The van der Waals surface area contributed by atoms with Crippen molar-refractivity contribution in [2.45, 2.75) is 19.9 Å². The summed E-state index contributed by atoms with van der Waals surface area (Å²) in [6.45, 7) is 7.05. The molecule has 0 spiro atoms. The Kier molecular flexibility index (Phi) is 3.48. The third kappa shape index (κ3) is 2.67. The first kappa shape index (κ1) is 12.1. The highest BCUT2D eigenvalue weighted by atomic mass is 16.1. The van der Waals surface area contributed by atoms with Gasteiger partial charge in [0.05, 0.1) is 0 Å². The summed E-state index contributed by atoms with van der Waals surface area (Å²) in [4.78, 5) is 16.0. The first-order valence-corrected chi connectivity index (χ1v) is 6.14. The molecule has 0 bridgehead atoms. The third-order valence-electron chi connectivity index (χ3n) is 3.60. The van der Waals surface area contributed by atoms with Gasteiger partial charge >= 0.3 is 0 Å². The minimum absolute atomic E-state index is 0.128. The van der Waals surface area contributed by atoms with Crippen LogP contribution in [0.3, 0.4) is 0 Å². The van der Waals surface area contributed by atoms with E-state index in [1.165, 1.54) is 5.69 Å². The van der Waals surface area contributed by atoms with Gasteiger partial charge in [-0.3, -0.25) is 4.79 Å². The molecular weight excluding hydrogens is 212 g/mol. The van der Waals surface area contributed by atoms with E-state index in [-0.39, 0.29) is 5.78 Å². The summed E-state index contributed by atoms with van der Waals surface area (Å²) < 4.78 is 0. The maximum absolute atomic E-state index is 11.2. The second-order valence-electron chi connectivity index (χ2n) is 4.88. The molecule has 17 heavy (non-hydrogen) atoms. The predicted octanol–water partition coefficient (Wildman–Crippen LogP) is 2.03. The molecule has 0 N–H and O–H groups in total. The highest BCUT2D eigenvalue weighted by molar-refractivity contribution is 5.94. The Morgan fingerprint density at radius 1 is 1.24 bits per heavy atom. The number of hydrogen-bond acceptors (Lipinski definition) is 3. The van der Waals surface area contributed by atoms with Crippen molar-refractivity contribution in [3.05, 3.63) is 29.8 Å². The van der Waals surface area contributed by atoms with E-state index in [0.29, 0.717) is 6.04 Å². The number of carbonyl (C=O) groups is 1. The average molecular weight is 232 g/mol. The number of anilines is 1. The SMILES string of the molecule is CC(=O)c1ccc(N2CCN(C)C(C)C2)cc1. The van der Waals surface area contributed by atoms with Crippen molar-refractivity contribution >= 4 is 11.5 Å². The van der Waals surface area contributed by atoms with Gasteiger partial charge in [0.25, 0.3) is 0 Å². The van der Waals surface area contributed by atoms with Crippen molar-refractivity contribution in [1.82, 2.24) is 4.90 Å². The molecule has 92 valence electrons. The van der Waals surface area contributed by atoms with Gasteiger partial charge in [-0.15, -0.1) is 0 Å². The topological polar surface area (TPSA) is 23.6 Å². The van der Waals surface area contributed by atoms with Crippen LogP contribution in [0, 0.1) is 0 Å². The Hall–Kier alpha value is -1.35. The maximum Gasteiger partial charge on any atom is 0.159 e. The number of carbonyl (C=O) groups excluding carboxylic acids is 1. The molecule has 1 aliphatic heterocycles. The number of piperazine rings is 1. The van der Waals surface area contributed by atoms with Crippen LogP contribution in [0.2, 0.25) is 0 Å². The van der Waals surface area contributed by atoms with E-state index >= 15 is 0 Å². The monoisotopic (exact) mass is 232 g/mol. The van der Waals surface area contributed by atoms with Crippen molar-refractivity contribution in [1.29, 1.82) is 0 Å². The van der Waals surface area contributed by atoms with E-state index in [9.17, 15) is 4.79 Å². The summed E-state index contributed by atoms with van der Waals surface area (Å²) in [7, 11) is 2.17. The van der Waals surface area contributed by atoms with Crippen molar-refractivity contribution in [2.24, 2.45) is 0 Å². The smallest absolute Gasteiger partial charge is 0.159 e. The van der Waals surface area contributed by atoms with Gasteiger partial charge in [-0.25, -0.2) is 0 Å². The molecule has 2 rings (SSSR count). The quantitative estimate of drug-likeness (QED) is 0.729. The Morgan fingerprint density at radius 2 is 1.88 bits per heavy atom. The van der Waals surface area contributed by atoms with Gasteiger partial charge in [-0.05, 0) is 45.2 Å². The van der Waals surface area contributed by atoms with Crippen LogP contribution < -0.4 is 4.90 Å². The van der Waals surface area contributed by atoms with Gasteiger partial charge in [0.2, 0.25) is 0 Å². The molecule has 1 heterocycles. The fourth-order valence-electron chi connectivity index (χ4n) is 2.19. The second kappa shape index (κ2) is 4.88. The zero-order valence-corrected chi connectivity index (χ0v) is 10.8. The molecule has 1 saturated heterocycles. The number of ketones is 1. The van der Waals surface area contributed by atoms with Crippen LogP contribution in [0.4, 0.5) is 5.69 Å². The van der Waals surface area contributed by atoms with Crippen LogP contribution >= 0.6 is 0 Å². The Labute approximate surface area is 103 Å². The Bertz CT molecular complexity index is 399. The molecule has 1 unspecified atom stereocenters. The molecule has 1 aromatic rings. The summed E-state index contributed by atoms with van der Waals surface area (Å²) >= 11 is 0. The van der Waals surface area contributed by atoms with E-state index in [1.807, 2.05) is 12.1 Å². The number of benzene rings is 1. The van der Waals surface area contributed by atoms with Crippen molar-refractivity contribution < 1.29 is 4.79 Å². The molecule has 1 fully saturated rings. The zero-order chi connectivity index (χ0) is 12.4. The van der Waals surface area contributed by atoms with Gasteiger partial charge in [0.15, 0.2) is 5.78 Å². The lowest BCUT2D eigenvalue weighted by molar-refractivity contribution is 0.101. The number of rotatable bonds is 2. The first-order valence-electron chi connectivity index (χ1n) is 6.14. The standard InChI is InChI=1S/C14H20N2O/c1-11-10-16(9-8-15(11)3)14-6-4-13(5-7-14)12(2)17/h4-7,11H,8-10H2,1-3H3. The average Bonchev–Trinajstić information content (AvgIpc) is 2.33. The van der Waals surface area contributed by atoms with E-state index < -0.39 is 0 Å². The minimum atomic E-state index is 0.128. The fourth-order valence-corrected chi connectivity index (χ4v) is 2.19. The van der Waals surface area contributed by atoms with Crippen LogP contribution in [0.1, 0.15) is 24.2 Å². The highest BCUT2D eigenvalue weighted by Crippen LogP contribution is 2.19. The normalized spacial score (nSPS) is 21.6. The van der Waals surface area contributed by atoms with Crippen LogP contribution in [0.15, 0.2) is 24.3 Å². The van der Waals surface area contributed by atoms with E-state index in [0.717, 1.165) is 25.2 Å². The van der Waals surface area contributed by atoms with Crippen LogP contribution in [0.25, 0.3) is 0 Å². The lowest BCUT2D eigenvalue weighted by Crippen LogP contribution is -2.50. The van der Waals surface area contributed by atoms with E-state index in [1.54, 1.807) is 6.92 Å². The lowest BCUT2D eigenvalue weighted by Gasteiger charge is -2.39. The number of likely N-dealkylation sites (N-methyl/N-ethyl adjacent to an activating group) is 1. The minimum Gasteiger partial charge on any atom is -0.369 e. The van der Waals surface area contributed by atoms with Crippen LogP contribution in [0.5, 0.6) is 0 Å². The second-order valence-corrected chi connectivity index (χ2v) is 4.88. The molecular formula is C14H20N2O. The summed E-state index contributed by atoms with van der Waals surface area (Å²) in [5.41, 5.74) is 2.01. The van der Waals surface area contributed by atoms with Gasteiger partial charge in [0.1, 0.15) is 0 Å². The summed E-state index contributed by atoms with van der Waals surface area (Å²) in [5.74, 6) is 0.128. The summed E-state index contributed by atoms with van der Waals surface area (Å²) in [5, 5.41) is 0. The number of hydrogen-bond donors (Lipinski definition) is 0. The Balaban J connectivity index is 2.10. The molecule has 0 aromatic heterocycles. The lowest BCUT2D eigenvalue weighted by atomic mass is 10.1. The predicted molar refractivity (Wildman–Crippen MR) is 70.8 cm³/mol. The molecule has 0 amide bonds. The highest BCUT2D eigenvalue weighted by Gasteiger charge is 2.20. The van der Waals surface area contributed by atoms with E-state index in [2.05, 4.69) is 35.9 Å². The molecule has 0 radical (unpaired) electrons. The molecule has 1 aromatic carbocycles. The van der Waals surface area contributed by atoms with Crippen molar-refractivity contribution in [3.8, 4) is 0 Å². The number of nitrogens with zero attached hydrogens (tertiary/aromatic N) is 2. The largest absolute Gasteiger partial charge is 0.369 e. The van der Waals surface area contributed by atoms with E-state index in [4.69, 9.17) is 0 Å². The first-order chi connectivity index (χ1) is 8.08. The van der Waals surface area contributed by atoms with Crippen LogP contribution in [-0.2, 0) is 0 Å². The fraction of sp³-hybridized carbons (Fsp3) is 0.500. The van der Waals surface area contributed by atoms with Crippen molar-refractivity contribution in [2.75, 3.05) is 31.6 Å². The van der Waals surface area contributed by atoms with Crippen LogP contribution in [-0.4, -0.2) is 43.4 Å². The molecule has 3 nitrogen and oxygen atoms in total. The molecule has 0 saturated carbocycles. The van der Waals surface area contributed by atoms with Gasteiger partial charge in [-0.1, -0.05) is 0 Å². The van der Waals surface area contributed by atoms with Gasteiger partial charge in [-0.2, -0.15) is 0 Å². The van der Waals surface area contributed by atoms with Gasteiger partial charge < -0.3 is 9.80 Å².